The van der Waals surface area contributed by atoms with Crippen molar-refractivity contribution in [1.82, 2.24) is 9.71 Å². The number of sulfonamides is 1. The minimum absolute atomic E-state index is 0.0899. The first kappa shape index (κ1) is 16.4. The number of carbonyl (C=O) groups excluding carboxylic acids is 1. The fourth-order valence-corrected chi connectivity index (χ4v) is 3.49. The second-order valence-corrected chi connectivity index (χ2v) is 7.10. The van der Waals surface area contributed by atoms with Crippen LogP contribution in [0, 0.1) is 0 Å². The molecule has 1 aromatic heterocycles. The van der Waals surface area contributed by atoms with Crippen LogP contribution in [0.5, 0.6) is 5.75 Å². The molecular formula is C16H17N3O4S. The van der Waals surface area contributed by atoms with Gasteiger partial charge in [-0.1, -0.05) is 0 Å². The molecule has 1 aromatic carbocycles. The summed E-state index contributed by atoms with van der Waals surface area (Å²) in [5.41, 5.74) is 1.28. The van der Waals surface area contributed by atoms with Crippen molar-refractivity contribution in [2.45, 2.75) is 18.4 Å². The van der Waals surface area contributed by atoms with Crippen molar-refractivity contribution in [2.75, 3.05) is 18.1 Å². The van der Waals surface area contributed by atoms with E-state index >= 15 is 0 Å². The van der Waals surface area contributed by atoms with Gasteiger partial charge >= 0.3 is 0 Å². The quantitative estimate of drug-likeness (QED) is 0.901. The van der Waals surface area contributed by atoms with E-state index in [9.17, 15) is 13.2 Å². The van der Waals surface area contributed by atoms with Crippen LogP contribution in [-0.2, 0) is 21.4 Å². The molecule has 126 valence electrons. The normalized spacial score (nSPS) is 14.0. The van der Waals surface area contributed by atoms with Gasteiger partial charge in [0.25, 0.3) is 0 Å². The maximum absolute atomic E-state index is 12.5. The second kappa shape index (κ2) is 6.58. The molecule has 0 aliphatic carbocycles. The Bertz CT molecular complexity index is 853. The molecule has 1 amide bonds. The number of hydrogen-bond donors (Lipinski definition) is 1. The maximum Gasteiger partial charge on any atom is 0.240 e. The van der Waals surface area contributed by atoms with Gasteiger partial charge in [-0.3, -0.25) is 9.78 Å². The third kappa shape index (κ3) is 3.39. The number of rotatable bonds is 4. The summed E-state index contributed by atoms with van der Waals surface area (Å²) >= 11 is 0. The van der Waals surface area contributed by atoms with Crippen LogP contribution in [0.15, 0.2) is 47.6 Å². The third-order valence-corrected chi connectivity index (χ3v) is 5.10. The number of benzene rings is 1. The molecule has 2 heterocycles. The van der Waals surface area contributed by atoms with Gasteiger partial charge in [0.15, 0.2) is 0 Å². The zero-order valence-electron chi connectivity index (χ0n) is 13.1. The van der Waals surface area contributed by atoms with Crippen LogP contribution >= 0.6 is 0 Å². The standard InChI is InChI=1S/C16H17N3O4S/c1-12(20)19-8-9-23-16-3-2-14(10-15(16)19)24(21,22)18-11-13-4-6-17-7-5-13/h2-7,10,18H,8-9,11H2,1H3. The Labute approximate surface area is 140 Å². The van der Waals surface area contributed by atoms with Gasteiger partial charge in [-0.25, -0.2) is 13.1 Å². The van der Waals surface area contributed by atoms with Crippen molar-refractivity contribution in [3.05, 3.63) is 48.3 Å². The minimum Gasteiger partial charge on any atom is -0.490 e. The Morgan fingerprint density at radius 3 is 2.75 bits per heavy atom. The summed E-state index contributed by atoms with van der Waals surface area (Å²) in [4.78, 5) is 17.2. The Morgan fingerprint density at radius 2 is 2.04 bits per heavy atom. The number of ether oxygens (including phenoxy) is 1. The largest absolute Gasteiger partial charge is 0.490 e. The number of nitrogens with one attached hydrogen (secondary N) is 1. The summed E-state index contributed by atoms with van der Waals surface area (Å²) < 4.78 is 33.0. The summed E-state index contributed by atoms with van der Waals surface area (Å²) in [5.74, 6) is 0.350. The SMILES string of the molecule is CC(=O)N1CCOc2ccc(S(=O)(=O)NCc3ccncc3)cc21. The highest BCUT2D eigenvalue weighted by molar-refractivity contribution is 7.89. The molecule has 0 saturated carbocycles. The summed E-state index contributed by atoms with van der Waals surface area (Å²) in [5, 5.41) is 0. The molecule has 1 N–H and O–H groups in total. The van der Waals surface area contributed by atoms with Crippen LogP contribution in [0.2, 0.25) is 0 Å². The van der Waals surface area contributed by atoms with E-state index < -0.39 is 10.0 Å². The van der Waals surface area contributed by atoms with Crippen LogP contribution in [0.1, 0.15) is 12.5 Å². The first-order valence-electron chi connectivity index (χ1n) is 7.41. The smallest absolute Gasteiger partial charge is 0.240 e. The molecule has 0 radical (unpaired) electrons. The van der Waals surface area contributed by atoms with E-state index in [1.165, 1.54) is 24.0 Å². The monoisotopic (exact) mass is 347 g/mol. The molecule has 0 bridgehead atoms. The second-order valence-electron chi connectivity index (χ2n) is 5.33. The predicted molar refractivity (Wildman–Crippen MR) is 88.2 cm³/mol. The fraction of sp³-hybridized carbons (Fsp3) is 0.250. The van der Waals surface area contributed by atoms with Gasteiger partial charge in [-0.05, 0) is 35.9 Å². The molecule has 8 heteroatoms. The van der Waals surface area contributed by atoms with E-state index in [4.69, 9.17) is 4.74 Å². The van der Waals surface area contributed by atoms with E-state index in [0.717, 1.165) is 5.56 Å². The number of hydrogen-bond acceptors (Lipinski definition) is 5. The first-order valence-corrected chi connectivity index (χ1v) is 8.89. The number of amides is 1. The van der Waals surface area contributed by atoms with Crippen LogP contribution in [0.4, 0.5) is 5.69 Å². The van der Waals surface area contributed by atoms with Gasteiger partial charge in [0.05, 0.1) is 17.1 Å². The number of aromatic nitrogens is 1. The zero-order valence-corrected chi connectivity index (χ0v) is 13.9. The third-order valence-electron chi connectivity index (χ3n) is 3.70. The molecule has 0 unspecified atom stereocenters. The zero-order chi connectivity index (χ0) is 17.2. The molecule has 1 aliphatic heterocycles. The number of nitrogens with zero attached hydrogens (tertiary/aromatic N) is 2. The summed E-state index contributed by atoms with van der Waals surface area (Å²) in [6.07, 6.45) is 3.20. The molecule has 3 rings (SSSR count). The lowest BCUT2D eigenvalue weighted by Gasteiger charge is -2.29. The van der Waals surface area contributed by atoms with Crippen molar-refractivity contribution >= 4 is 21.6 Å². The highest BCUT2D eigenvalue weighted by Crippen LogP contribution is 2.33. The van der Waals surface area contributed by atoms with Gasteiger partial charge in [-0.15, -0.1) is 0 Å². The van der Waals surface area contributed by atoms with Gasteiger partial charge in [0, 0.05) is 25.9 Å². The van der Waals surface area contributed by atoms with Crippen LogP contribution in [0.25, 0.3) is 0 Å². The predicted octanol–water partition coefficient (Wildman–Crippen LogP) is 1.31. The van der Waals surface area contributed by atoms with Crippen molar-refractivity contribution < 1.29 is 17.9 Å². The highest BCUT2D eigenvalue weighted by atomic mass is 32.2. The van der Waals surface area contributed by atoms with Crippen LogP contribution < -0.4 is 14.4 Å². The molecular weight excluding hydrogens is 330 g/mol. The van der Waals surface area contributed by atoms with Crippen molar-refractivity contribution in [1.29, 1.82) is 0 Å². The summed E-state index contributed by atoms with van der Waals surface area (Å²) in [6.45, 7) is 2.39. The lowest BCUT2D eigenvalue weighted by Crippen LogP contribution is -2.36. The van der Waals surface area contributed by atoms with Gasteiger partial charge in [0.1, 0.15) is 12.4 Å². The van der Waals surface area contributed by atoms with E-state index in [0.29, 0.717) is 24.6 Å². The molecule has 0 spiro atoms. The van der Waals surface area contributed by atoms with Gasteiger partial charge in [-0.2, -0.15) is 0 Å². The number of pyridine rings is 1. The lowest BCUT2D eigenvalue weighted by atomic mass is 10.2. The topological polar surface area (TPSA) is 88.6 Å². The minimum atomic E-state index is -3.71. The van der Waals surface area contributed by atoms with Crippen LogP contribution in [-0.4, -0.2) is 32.5 Å². The Morgan fingerprint density at radius 1 is 1.29 bits per heavy atom. The van der Waals surface area contributed by atoms with Crippen molar-refractivity contribution in [3.63, 3.8) is 0 Å². The number of fused-ring (bicyclic) bond motifs is 1. The Balaban J connectivity index is 1.86. The Kier molecular flexibility index (Phi) is 4.50. The lowest BCUT2D eigenvalue weighted by molar-refractivity contribution is -0.116. The number of carbonyl (C=O) groups is 1. The van der Waals surface area contributed by atoms with E-state index in [1.54, 1.807) is 30.6 Å². The average Bonchev–Trinajstić information content (AvgIpc) is 2.60. The van der Waals surface area contributed by atoms with Gasteiger partial charge in [0.2, 0.25) is 15.9 Å². The Hall–Kier alpha value is -2.45. The van der Waals surface area contributed by atoms with E-state index in [1.807, 2.05) is 0 Å². The first-order chi connectivity index (χ1) is 11.5. The molecule has 1 aliphatic rings. The van der Waals surface area contributed by atoms with E-state index in [2.05, 4.69) is 9.71 Å². The average molecular weight is 347 g/mol. The summed E-state index contributed by atoms with van der Waals surface area (Å²) in [6, 6.07) is 7.98. The molecule has 24 heavy (non-hydrogen) atoms. The summed E-state index contributed by atoms with van der Waals surface area (Å²) in [7, 11) is -3.71. The molecule has 7 nitrogen and oxygen atoms in total. The van der Waals surface area contributed by atoms with Crippen molar-refractivity contribution in [3.8, 4) is 5.75 Å². The van der Waals surface area contributed by atoms with E-state index in [-0.39, 0.29) is 17.3 Å². The highest BCUT2D eigenvalue weighted by Gasteiger charge is 2.24. The fourth-order valence-electron chi connectivity index (χ4n) is 2.45. The molecule has 0 saturated heterocycles. The maximum atomic E-state index is 12.5. The van der Waals surface area contributed by atoms with Crippen LogP contribution in [0.3, 0.4) is 0 Å². The molecule has 0 fully saturated rings. The number of anilines is 1. The molecule has 0 atom stereocenters. The molecule has 2 aromatic rings. The van der Waals surface area contributed by atoms with Gasteiger partial charge < -0.3 is 9.64 Å². The van der Waals surface area contributed by atoms with Crippen molar-refractivity contribution in [2.24, 2.45) is 0 Å².